The Labute approximate surface area is 54.6 Å². The molecule has 0 N–H and O–H groups in total. The number of tetrazole rings is 1. The van der Waals surface area contributed by atoms with E-state index < -0.39 is 0 Å². The summed E-state index contributed by atoms with van der Waals surface area (Å²) in [5, 5.41) is 17.2. The topological polar surface area (TPSA) is 82.5 Å². The molecule has 0 aliphatic carbocycles. The summed E-state index contributed by atoms with van der Waals surface area (Å²) in [6.07, 6.45) is 2.75. The number of hydrogen-bond donors (Lipinski definition) is 0. The van der Waals surface area contributed by atoms with Gasteiger partial charge in [-0.05, 0) is 10.4 Å². The van der Waals surface area contributed by atoms with Gasteiger partial charge in [-0.3, -0.25) is 0 Å². The van der Waals surface area contributed by atoms with E-state index in [0.29, 0.717) is 5.82 Å². The second-order valence-electron chi connectivity index (χ2n) is 1.52. The maximum absolute atomic E-state index is 4.46. The predicted molar refractivity (Wildman–Crippen MR) is 27.0 cm³/mol. The molecule has 50 valence electrons. The summed E-state index contributed by atoms with van der Waals surface area (Å²) in [7, 11) is 0. The van der Waals surface area contributed by atoms with Gasteiger partial charge in [0.15, 0.2) is 6.26 Å². The summed E-state index contributed by atoms with van der Waals surface area (Å²) < 4.78 is 5.80. The van der Waals surface area contributed by atoms with Gasteiger partial charge >= 0.3 is 0 Å². The predicted octanol–water partition coefficient (Wildman–Crippen LogP) is -0.955. The van der Waals surface area contributed by atoms with Crippen LogP contribution in [-0.2, 0) is 0 Å². The molecular formula is C3H2N6O. The summed E-state index contributed by atoms with van der Waals surface area (Å²) in [6, 6.07) is 0. The van der Waals surface area contributed by atoms with Gasteiger partial charge in [0, 0.05) is 5.27 Å². The van der Waals surface area contributed by atoms with Crippen LogP contribution < -0.4 is 0 Å². The standard InChI is InChI=1S/C3H2N6O/c1-3(5-8-10-1)9-2-4-6-7-9/h1-2H. The van der Waals surface area contributed by atoms with Gasteiger partial charge in [-0.1, -0.05) is 5.10 Å². The number of rotatable bonds is 1. The molecule has 0 atom stereocenters. The average Bonchev–Trinajstić information content (AvgIpc) is 2.59. The second kappa shape index (κ2) is 1.87. The Morgan fingerprint density at radius 2 is 2.50 bits per heavy atom. The van der Waals surface area contributed by atoms with Crippen LogP contribution in [0.1, 0.15) is 0 Å². The highest BCUT2D eigenvalue weighted by molar-refractivity contribution is 5.08. The smallest absolute Gasteiger partial charge is 0.220 e. The van der Waals surface area contributed by atoms with Crippen molar-refractivity contribution in [1.29, 1.82) is 0 Å². The highest BCUT2D eigenvalue weighted by atomic mass is 16.5. The quantitative estimate of drug-likeness (QED) is 0.505. The molecule has 0 saturated carbocycles. The normalized spacial score (nSPS) is 10.0. The lowest BCUT2D eigenvalue weighted by atomic mass is 10.8. The third-order valence-electron chi connectivity index (χ3n) is 0.932. The van der Waals surface area contributed by atoms with Gasteiger partial charge in [0.25, 0.3) is 0 Å². The van der Waals surface area contributed by atoms with Gasteiger partial charge < -0.3 is 4.52 Å². The first-order chi connectivity index (χ1) is 4.97. The van der Waals surface area contributed by atoms with Crippen LogP contribution in [0.2, 0.25) is 0 Å². The van der Waals surface area contributed by atoms with Gasteiger partial charge in [-0.2, -0.15) is 4.68 Å². The van der Waals surface area contributed by atoms with Crippen LogP contribution >= 0.6 is 0 Å². The molecule has 10 heavy (non-hydrogen) atoms. The van der Waals surface area contributed by atoms with Crippen LogP contribution in [0.3, 0.4) is 0 Å². The van der Waals surface area contributed by atoms with Crippen molar-refractivity contribution in [1.82, 2.24) is 30.6 Å². The zero-order chi connectivity index (χ0) is 6.81. The summed E-state index contributed by atoms with van der Waals surface area (Å²) in [4.78, 5) is 0. The average molecular weight is 138 g/mol. The molecule has 0 unspecified atom stereocenters. The minimum absolute atomic E-state index is 0.463. The monoisotopic (exact) mass is 138 g/mol. The minimum atomic E-state index is 0.463. The van der Waals surface area contributed by atoms with Crippen LogP contribution in [0, 0.1) is 0 Å². The molecule has 7 heteroatoms. The zero-order valence-corrected chi connectivity index (χ0v) is 4.75. The van der Waals surface area contributed by atoms with E-state index >= 15 is 0 Å². The minimum Gasteiger partial charge on any atom is -0.343 e. The molecule has 0 aromatic carbocycles. The SMILES string of the molecule is c1onnc1-n1cnnn1. The molecule has 0 bridgehead atoms. The lowest BCUT2D eigenvalue weighted by Crippen LogP contribution is -1.94. The third-order valence-corrected chi connectivity index (χ3v) is 0.932. The largest absolute Gasteiger partial charge is 0.343 e. The van der Waals surface area contributed by atoms with Crippen molar-refractivity contribution in [3.63, 3.8) is 0 Å². The van der Waals surface area contributed by atoms with Crippen LogP contribution in [0.25, 0.3) is 5.82 Å². The van der Waals surface area contributed by atoms with Gasteiger partial charge in [0.2, 0.25) is 5.82 Å². The van der Waals surface area contributed by atoms with Crippen LogP contribution in [-0.4, -0.2) is 30.6 Å². The van der Waals surface area contributed by atoms with Crippen molar-refractivity contribution < 1.29 is 4.52 Å². The Morgan fingerprint density at radius 1 is 1.50 bits per heavy atom. The highest BCUT2D eigenvalue weighted by Gasteiger charge is 1.99. The molecule has 0 amide bonds. The molecule has 0 fully saturated rings. The van der Waals surface area contributed by atoms with Crippen molar-refractivity contribution in [3.05, 3.63) is 12.6 Å². The van der Waals surface area contributed by atoms with Gasteiger partial charge in [0.1, 0.15) is 6.33 Å². The molecule has 7 nitrogen and oxygen atoms in total. The molecule has 0 spiro atoms. The van der Waals surface area contributed by atoms with Crippen molar-refractivity contribution in [2.45, 2.75) is 0 Å². The number of hydrogen-bond acceptors (Lipinski definition) is 6. The fraction of sp³-hybridized carbons (Fsp3) is 0. The lowest BCUT2D eigenvalue weighted by molar-refractivity contribution is 0.393. The molecule has 0 saturated heterocycles. The zero-order valence-electron chi connectivity index (χ0n) is 4.75. The Balaban J connectivity index is 2.48. The summed E-state index contributed by atoms with van der Waals surface area (Å²) >= 11 is 0. The van der Waals surface area contributed by atoms with Crippen molar-refractivity contribution in [2.75, 3.05) is 0 Å². The van der Waals surface area contributed by atoms with E-state index in [9.17, 15) is 0 Å². The first-order valence-electron chi connectivity index (χ1n) is 2.47. The highest BCUT2D eigenvalue weighted by Crippen LogP contribution is 1.94. The fourth-order valence-electron chi connectivity index (χ4n) is 0.526. The Bertz CT molecular complexity index is 252. The maximum Gasteiger partial charge on any atom is 0.220 e. The van der Waals surface area contributed by atoms with Crippen LogP contribution in [0.5, 0.6) is 0 Å². The summed E-state index contributed by atoms with van der Waals surface area (Å²) in [5.41, 5.74) is 0. The van der Waals surface area contributed by atoms with Gasteiger partial charge in [-0.25, -0.2) is 0 Å². The van der Waals surface area contributed by atoms with Crippen LogP contribution in [0.4, 0.5) is 0 Å². The fourth-order valence-corrected chi connectivity index (χ4v) is 0.526. The number of nitrogens with zero attached hydrogens (tertiary/aromatic N) is 6. The first-order valence-corrected chi connectivity index (χ1v) is 2.47. The van der Waals surface area contributed by atoms with E-state index in [-0.39, 0.29) is 0 Å². The number of aromatic nitrogens is 6. The lowest BCUT2D eigenvalue weighted by Gasteiger charge is -1.83. The molecule has 0 aliphatic heterocycles. The molecule has 0 aliphatic rings. The molecule has 0 radical (unpaired) electrons. The maximum atomic E-state index is 4.46. The second-order valence-corrected chi connectivity index (χ2v) is 1.52. The van der Waals surface area contributed by atoms with Gasteiger partial charge in [-0.15, -0.1) is 5.10 Å². The van der Waals surface area contributed by atoms with E-state index in [1.54, 1.807) is 0 Å². The van der Waals surface area contributed by atoms with Gasteiger partial charge in [0.05, 0.1) is 0 Å². The first kappa shape index (κ1) is 5.03. The molecule has 2 aromatic heterocycles. The van der Waals surface area contributed by atoms with E-state index in [0.717, 1.165) is 0 Å². The van der Waals surface area contributed by atoms with E-state index in [2.05, 4.69) is 30.4 Å². The van der Waals surface area contributed by atoms with Crippen LogP contribution in [0.15, 0.2) is 17.1 Å². The third kappa shape index (κ3) is 0.642. The molecule has 2 aromatic rings. The van der Waals surface area contributed by atoms with Crippen molar-refractivity contribution in [3.8, 4) is 5.82 Å². The van der Waals surface area contributed by atoms with E-state index in [1.165, 1.54) is 17.3 Å². The Kier molecular flexibility index (Phi) is 0.938. The molecule has 2 rings (SSSR count). The molecular weight excluding hydrogens is 136 g/mol. The Morgan fingerprint density at radius 3 is 3.10 bits per heavy atom. The summed E-state index contributed by atoms with van der Waals surface area (Å²) in [5.74, 6) is 0.463. The Hall–Kier alpha value is -1.79. The summed E-state index contributed by atoms with van der Waals surface area (Å²) in [6.45, 7) is 0. The van der Waals surface area contributed by atoms with Crippen molar-refractivity contribution >= 4 is 0 Å². The van der Waals surface area contributed by atoms with E-state index in [1.807, 2.05) is 0 Å². The van der Waals surface area contributed by atoms with E-state index in [4.69, 9.17) is 0 Å². The van der Waals surface area contributed by atoms with Crippen molar-refractivity contribution in [2.24, 2.45) is 0 Å². The molecule has 2 heterocycles.